The highest BCUT2D eigenvalue weighted by Gasteiger charge is 2.24. The monoisotopic (exact) mass is 374 g/mol. The molecule has 0 aromatic heterocycles. The summed E-state index contributed by atoms with van der Waals surface area (Å²) in [5, 5.41) is 14.5. The number of nitrogens with zero attached hydrogens (tertiary/aromatic N) is 1. The Balaban J connectivity index is 1.39. The van der Waals surface area contributed by atoms with E-state index >= 15 is 0 Å². The van der Waals surface area contributed by atoms with Gasteiger partial charge in [-0.25, -0.2) is 4.79 Å². The molecule has 3 aromatic rings. The summed E-state index contributed by atoms with van der Waals surface area (Å²) >= 11 is 0. The summed E-state index contributed by atoms with van der Waals surface area (Å²) in [6.45, 7) is 1.40. The molecule has 0 bridgehead atoms. The Hall–Kier alpha value is -3.34. The minimum atomic E-state index is -0.924. The van der Waals surface area contributed by atoms with E-state index in [1.165, 1.54) is 0 Å². The second-order valence-corrected chi connectivity index (χ2v) is 7.12. The molecule has 1 fully saturated rings. The van der Waals surface area contributed by atoms with E-state index < -0.39 is 5.97 Å². The van der Waals surface area contributed by atoms with Gasteiger partial charge >= 0.3 is 5.97 Å². The lowest BCUT2D eigenvalue weighted by atomic mass is 10.0. The third-order valence-electron chi connectivity index (χ3n) is 5.30. The molecule has 1 saturated heterocycles. The molecule has 28 heavy (non-hydrogen) atoms. The van der Waals surface area contributed by atoms with Crippen LogP contribution in [0.1, 0.15) is 33.6 Å². The van der Waals surface area contributed by atoms with Crippen LogP contribution < -0.4 is 5.32 Å². The van der Waals surface area contributed by atoms with Gasteiger partial charge in [0.25, 0.3) is 5.91 Å². The van der Waals surface area contributed by atoms with E-state index in [1.54, 1.807) is 24.3 Å². The molecule has 0 aliphatic carbocycles. The molecular formula is C23H22N2O3. The molecule has 1 aliphatic heterocycles. The average molecular weight is 374 g/mol. The second-order valence-electron chi connectivity index (χ2n) is 7.12. The van der Waals surface area contributed by atoms with Gasteiger partial charge < -0.3 is 15.3 Å². The Morgan fingerprint density at radius 3 is 2.29 bits per heavy atom. The smallest absolute Gasteiger partial charge is 0.335 e. The first-order valence-corrected chi connectivity index (χ1v) is 9.49. The number of carbonyl (C=O) groups excluding carboxylic acids is 1. The van der Waals surface area contributed by atoms with Crippen LogP contribution in [0.5, 0.6) is 0 Å². The van der Waals surface area contributed by atoms with Gasteiger partial charge in [-0.2, -0.15) is 0 Å². The molecule has 1 aliphatic rings. The predicted molar refractivity (Wildman–Crippen MR) is 110 cm³/mol. The molecule has 0 unspecified atom stereocenters. The molecule has 0 spiro atoms. The third-order valence-corrected chi connectivity index (χ3v) is 5.30. The highest BCUT2D eigenvalue weighted by Crippen LogP contribution is 2.23. The summed E-state index contributed by atoms with van der Waals surface area (Å²) in [6, 6.07) is 20.9. The number of carboxylic acids is 1. The SMILES string of the molecule is O=C(O)c1ccc(NC2CCN(C(=O)c3cccc4ccccc34)CC2)cc1. The van der Waals surface area contributed by atoms with Crippen LogP contribution >= 0.6 is 0 Å². The Morgan fingerprint density at radius 2 is 1.57 bits per heavy atom. The number of hydrogen-bond donors (Lipinski definition) is 2. The minimum absolute atomic E-state index is 0.0843. The number of piperidine rings is 1. The average Bonchev–Trinajstić information content (AvgIpc) is 2.74. The normalized spacial score (nSPS) is 14.8. The van der Waals surface area contributed by atoms with Crippen molar-refractivity contribution < 1.29 is 14.7 Å². The molecule has 142 valence electrons. The Labute approximate surface area is 163 Å². The van der Waals surface area contributed by atoms with Crippen molar-refractivity contribution in [2.75, 3.05) is 18.4 Å². The molecule has 5 heteroatoms. The van der Waals surface area contributed by atoms with Crippen LogP contribution in [0.25, 0.3) is 10.8 Å². The lowest BCUT2D eigenvalue weighted by Crippen LogP contribution is -2.42. The maximum Gasteiger partial charge on any atom is 0.335 e. The van der Waals surface area contributed by atoms with Crippen molar-refractivity contribution in [2.24, 2.45) is 0 Å². The number of benzene rings is 3. The van der Waals surface area contributed by atoms with E-state index in [0.29, 0.717) is 13.1 Å². The van der Waals surface area contributed by atoms with E-state index in [0.717, 1.165) is 34.9 Å². The largest absolute Gasteiger partial charge is 0.478 e. The predicted octanol–water partition coefficient (Wildman–Crippen LogP) is 4.25. The van der Waals surface area contributed by atoms with Crippen molar-refractivity contribution in [1.82, 2.24) is 4.90 Å². The van der Waals surface area contributed by atoms with E-state index in [1.807, 2.05) is 47.4 Å². The van der Waals surface area contributed by atoms with Crippen LogP contribution in [-0.2, 0) is 0 Å². The number of carbonyl (C=O) groups is 2. The number of rotatable bonds is 4. The first-order chi connectivity index (χ1) is 13.6. The van der Waals surface area contributed by atoms with Crippen molar-refractivity contribution in [2.45, 2.75) is 18.9 Å². The van der Waals surface area contributed by atoms with Crippen LogP contribution in [0.2, 0.25) is 0 Å². The van der Waals surface area contributed by atoms with E-state index in [9.17, 15) is 9.59 Å². The topological polar surface area (TPSA) is 69.6 Å². The lowest BCUT2D eigenvalue weighted by molar-refractivity contribution is 0.0694. The quantitative estimate of drug-likeness (QED) is 0.716. The van der Waals surface area contributed by atoms with Crippen molar-refractivity contribution in [3.05, 3.63) is 77.9 Å². The molecule has 0 radical (unpaired) electrons. The van der Waals surface area contributed by atoms with Gasteiger partial charge in [0.2, 0.25) is 0 Å². The lowest BCUT2D eigenvalue weighted by Gasteiger charge is -2.33. The van der Waals surface area contributed by atoms with E-state index in [2.05, 4.69) is 5.32 Å². The van der Waals surface area contributed by atoms with Gasteiger partial charge in [-0.05, 0) is 53.9 Å². The number of hydrogen-bond acceptors (Lipinski definition) is 3. The third kappa shape index (κ3) is 3.69. The van der Waals surface area contributed by atoms with Crippen LogP contribution in [0.3, 0.4) is 0 Å². The summed E-state index contributed by atoms with van der Waals surface area (Å²) in [5.41, 5.74) is 1.94. The number of anilines is 1. The van der Waals surface area contributed by atoms with Gasteiger partial charge in [-0.15, -0.1) is 0 Å². The summed E-state index contributed by atoms with van der Waals surface area (Å²) < 4.78 is 0. The van der Waals surface area contributed by atoms with Gasteiger partial charge in [0.1, 0.15) is 0 Å². The van der Waals surface area contributed by atoms with Gasteiger partial charge in [-0.3, -0.25) is 4.79 Å². The molecule has 1 amide bonds. The summed E-state index contributed by atoms with van der Waals surface area (Å²) in [6.07, 6.45) is 1.72. The van der Waals surface area contributed by atoms with Crippen molar-refractivity contribution in [3.8, 4) is 0 Å². The first kappa shape index (κ1) is 18.0. The number of likely N-dealkylation sites (tertiary alicyclic amines) is 1. The number of amides is 1. The molecule has 0 atom stereocenters. The van der Waals surface area contributed by atoms with Crippen LogP contribution in [0, 0.1) is 0 Å². The molecule has 4 rings (SSSR count). The van der Waals surface area contributed by atoms with Crippen LogP contribution in [-0.4, -0.2) is 41.0 Å². The number of carboxylic acid groups (broad SMARTS) is 1. The Kier molecular flexibility index (Phi) is 4.98. The Morgan fingerprint density at radius 1 is 0.893 bits per heavy atom. The van der Waals surface area contributed by atoms with Gasteiger partial charge in [0.05, 0.1) is 5.56 Å². The van der Waals surface area contributed by atoms with Gasteiger partial charge in [0, 0.05) is 30.4 Å². The zero-order valence-corrected chi connectivity index (χ0v) is 15.5. The summed E-state index contributed by atoms with van der Waals surface area (Å²) in [5.74, 6) is -0.840. The standard InChI is InChI=1S/C23H22N2O3/c26-22(21-7-3-5-16-4-1-2-6-20(16)21)25-14-12-19(13-15-25)24-18-10-8-17(9-11-18)23(27)28/h1-11,19,24H,12-15H2,(H,27,28). The summed E-state index contributed by atoms with van der Waals surface area (Å²) in [4.78, 5) is 25.9. The molecular weight excluding hydrogens is 352 g/mol. The molecule has 3 aromatic carbocycles. The zero-order valence-electron chi connectivity index (χ0n) is 15.5. The maximum absolute atomic E-state index is 13.0. The van der Waals surface area contributed by atoms with Crippen molar-refractivity contribution in [1.29, 1.82) is 0 Å². The fourth-order valence-electron chi connectivity index (χ4n) is 3.75. The number of nitrogens with one attached hydrogen (secondary N) is 1. The minimum Gasteiger partial charge on any atom is -0.478 e. The van der Waals surface area contributed by atoms with Gasteiger partial charge in [0.15, 0.2) is 0 Å². The fraction of sp³-hybridized carbons (Fsp3) is 0.217. The highest BCUT2D eigenvalue weighted by atomic mass is 16.4. The van der Waals surface area contributed by atoms with Crippen molar-refractivity contribution in [3.63, 3.8) is 0 Å². The van der Waals surface area contributed by atoms with Crippen molar-refractivity contribution >= 4 is 28.3 Å². The van der Waals surface area contributed by atoms with Crippen LogP contribution in [0.15, 0.2) is 66.7 Å². The van der Waals surface area contributed by atoms with E-state index in [4.69, 9.17) is 5.11 Å². The molecule has 2 N–H and O–H groups in total. The number of aromatic carboxylic acids is 1. The fourth-order valence-corrected chi connectivity index (χ4v) is 3.75. The van der Waals surface area contributed by atoms with Crippen LogP contribution in [0.4, 0.5) is 5.69 Å². The Bertz CT molecular complexity index is 1000. The molecule has 5 nitrogen and oxygen atoms in total. The summed E-state index contributed by atoms with van der Waals surface area (Å²) in [7, 11) is 0. The maximum atomic E-state index is 13.0. The van der Waals surface area contributed by atoms with E-state index in [-0.39, 0.29) is 17.5 Å². The number of fused-ring (bicyclic) bond motifs is 1. The molecule has 1 heterocycles. The van der Waals surface area contributed by atoms with Gasteiger partial charge in [-0.1, -0.05) is 36.4 Å². The second kappa shape index (κ2) is 7.72. The highest BCUT2D eigenvalue weighted by molar-refractivity contribution is 6.07. The molecule has 0 saturated carbocycles. The first-order valence-electron chi connectivity index (χ1n) is 9.49. The zero-order chi connectivity index (χ0) is 19.5.